The van der Waals surface area contributed by atoms with Crippen LogP contribution in [0.4, 0.5) is 11.4 Å². The monoisotopic (exact) mass is 281 g/mol. The Bertz CT molecular complexity index is 438. The SMILES string of the molecule is CCCOc1cc(NCC(C)CNC)cc([N+](=O)[O-])c1. The van der Waals surface area contributed by atoms with E-state index in [0.717, 1.165) is 19.5 Å². The molecule has 1 unspecified atom stereocenters. The van der Waals surface area contributed by atoms with Gasteiger partial charge in [0.2, 0.25) is 0 Å². The van der Waals surface area contributed by atoms with E-state index in [4.69, 9.17) is 4.74 Å². The average molecular weight is 281 g/mol. The summed E-state index contributed by atoms with van der Waals surface area (Å²) < 4.78 is 5.48. The van der Waals surface area contributed by atoms with Crippen LogP contribution in [0, 0.1) is 16.0 Å². The number of nitro groups is 1. The maximum Gasteiger partial charge on any atom is 0.275 e. The minimum atomic E-state index is -0.402. The van der Waals surface area contributed by atoms with Gasteiger partial charge in [-0.2, -0.15) is 0 Å². The standard InChI is InChI=1S/C14H23N3O3/c1-4-5-20-14-7-12(6-13(8-14)17(18)19)16-10-11(2)9-15-3/h6-8,11,15-16H,4-5,9-10H2,1-3H3. The van der Waals surface area contributed by atoms with E-state index in [2.05, 4.69) is 17.6 Å². The maximum atomic E-state index is 10.9. The summed E-state index contributed by atoms with van der Waals surface area (Å²) in [6.07, 6.45) is 0.866. The smallest absolute Gasteiger partial charge is 0.275 e. The molecular formula is C14H23N3O3. The van der Waals surface area contributed by atoms with Crippen molar-refractivity contribution in [3.63, 3.8) is 0 Å². The van der Waals surface area contributed by atoms with Crippen molar-refractivity contribution < 1.29 is 9.66 Å². The molecule has 0 fully saturated rings. The number of anilines is 1. The number of benzene rings is 1. The van der Waals surface area contributed by atoms with Crippen molar-refractivity contribution >= 4 is 11.4 Å². The number of nitrogens with zero attached hydrogens (tertiary/aromatic N) is 1. The first-order chi connectivity index (χ1) is 9.56. The van der Waals surface area contributed by atoms with Crippen LogP contribution < -0.4 is 15.4 Å². The van der Waals surface area contributed by atoms with E-state index < -0.39 is 4.92 Å². The van der Waals surface area contributed by atoms with Gasteiger partial charge in [0.25, 0.3) is 5.69 Å². The van der Waals surface area contributed by atoms with Gasteiger partial charge < -0.3 is 15.4 Å². The highest BCUT2D eigenvalue weighted by atomic mass is 16.6. The van der Waals surface area contributed by atoms with Crippen molar-refractivity contribution in [3.05, 3.63) is 28.3 Å². The third kappa shape index (κ3) is 5.44. The van der Waals surface area contributed by atoms with Crippen molar-refractivity contribution in [3.8, 4) is 5.75 Å². The molecule has 0 saturated carbocycles. The fourth-order valence-corrected chi connectivity index (χ4v) is 1.81. The molecule has 0 saturated heterocycles. The number of ether oxygens (including phenoxy) is 1. The number of nitrogens with one attached hydrogen (secondary N) is 2. The minimum absolute atomic E-state index is 0.0439. The third-order valence-electron chi connectivity index (χ3n) is 2.78. The molecule has 0 heterocycles. The molecule has 112 valence electrons. The Morgan fingerprint density at radius 1 is 1.35 bits per heavy atom. The van der Waals surface area contributed by atoms with Crippen LogP contribution in [0.2, 0.25) is 0 Å². The Morgan fingerprint density at radius 2 is 2.10 bits per heavy atom. The lowest BCUT2D eigenvalue weighted by Crippen LogP contribution is -2.22. The fourth-order valence-electron chi connectivity index (χ4n) is 1.81. The zero-order valence-corrected chi connectivity index (χ0v) is 12.3. The first-order valence-electron chi connectivity index (χ1n) is 6.87. The largest absolute Gasteiger partial charge is 0.493 e. The molecule has 6 nitrogen and oxygen atoms in total. The Balaban J connectivity index is 2.77. The van der Waals surface area contributed by atoms with Crippen LogP contribution in [0.1, 0.15) is 20.3 Å². The molecule has 1 rings (SSSR count). The lowest BCUT2D eigenvalue weighted by Gasteiger charge is -2.14. The molecule has 20 heavy (non-hydrogen) atoms. The van der Waals surface area contributed by atoms with Crippen LogP contribution >= 0.6 is 0 Å². The van der Waals surface area contributed by atoms with Gasteiger partial charge in [-0.15, -0.1) is 0 Å². The number of hydrogen-bond donors (Lipinski definition) is 2. The normalized spacial score (nSPS) is 11.9. The summed E-state index contributed by atoms with van der Waals surface area (Å²) in [5.41, 5.74) is 0.760. The van der Waals surface area contributed by atoms with Gasteiger partial charge in [-0.1, -0.05) is 13.8 Å². The number of nitro benzene ring substituents is 1. The van der Waals surface area contributed by atoms with Crippen molar-refractivity contribution in [1.29, 1.82) is 0 Å². The summed E-state index contributed by atoms with van der Waals surface area (Å²) in [7, 11) is 1.90. The van der Waals surface area contributed by atoms with E-state index in [9.17, 15) is 10.1 Å². The Morgan fingerprint density at radius 3 is 2.70 bits per heavy atom. The lowest BCUT2D eigenvalue weighted by atomic mass is 10.1. The summed E-state index contributed by atoms with van der Waals surface area (Å²) in [6.45, 7) is 6.29. The van der Waals surface area contributed by atoms with Gasteiger partial charge in [-0.25, -0.2) is 0 Å². The van der Waals surface area contributed by atoms with Crippen molar-refractivity contribution in [2.24, 2.45) is 5.92 Å². The molecule has 1 aromatic rings. The lowest BCUT2D eigenvalue weighted by molar-refractivity contribution is -0.384. The molecule has 0 aliphatic heterocycles. The zero-order valence-electron chi connectivity index (χ0n) is 12.3. The van der Waals surface area contributed by atoms with E-state index in [-0.39, 0.29) is 5.69 Å². The van der Waals surface area contributed by atoms with E-state index >= 15 is 0 Å². The van der Waals surface area contributed by atoms with E-state index in [1.807, 2.05) is 14.0 Å². The Kier molecular flexibility index (Phi) is 6.79. The Labute approximate surface area is 119 Å². The van der Waals surface area contributed by atoms with Gasteiger partial charge >= 0.3 is 0 Å². The summed E-state index contributed by atoms with van der Waals surface area (Å²) in [6, 6.07) is 4.79. The van der Waals surface area contributed by atoms with Gasteiger partial charge in [-0.3, -0.25) is 10.1 Å². The van der Waals surface area contributed by atoms with Crippen molar-refractivity contribution in [2.75, 3.05) is 32.1 Å². The molecule has 0 amide bonds. The van der Waals surface area contributed by atoms with Crippen LogP contribution in [0.15, 0.2) is 18.2 Å². The summed E-state index contributed by atoms with van der Waals surface area (Å²) in [4.78, 5) is 10.5. The van der Waals surface area contributed by atoms with Gasteiger partial charge in [0, 0.05) is 24.4 Å². The number of rotatable bonds is 9. The molecule has 0 aliphatic rings. The first-order valence-corrected chi connectivity index (χ1v) is 6.87. The molecule has 2 N–H and O–H groups in total. The molecule has 0 spiro atoms. The second kappa shape index (κ2) is 8.37. The molecule has 0 bridgehead atoms. The second-order valence-electron chi connectivity index (χ2n) is 4.86. The van der Waals surface area contributed by atoms with Gasteiger partial charge in [0.05, 0.1) is 17.6 Å². The average Bonchev–Trinajstić information content (AvgIpc) is 2.43. The van der Waals surface area contributed by atoms with Crippen molar-refractivity contribution in [1.82, 2.24) is 5.32 Å². The predicted octanol–water partition coefficient (Wildman–Crippen LogP) is 2.65. The highest BCUT2D eigenvalue weighted by molar-refractivity contribution is 5.56. The molecule has 0 aromatic heterocycles. The highest BCUT2D eigenvalue weighted by Gasteiger charge is 2.11. The molecule has 6 heteroatoms. The fraction of sp³-hybridized carbons (Fsp3) is 0.571. The van der Waals surface area contributed by atoms with Crippen LogP contribution in [0.25, 0.3) is 0 Å². The zero-order chi connectivity index (χ0) is 15.0. The summed E-state index contributed by atoms with van der Waals surface area (Å²) >= 11 is 0. The molecule has 1 atom stereocenters. The first kappa shape index (κ1) is 16.2. The van der Waals surface area contributed by atoms with Crippen molar-refractivity contribution in [2.45, 2.75) is 20.3 Å². The van der Waals surface area contributed by atoms with E-state index in [0.29, 0.717) is 24.0 Å². The molecule has 0 aliphatic carbocycles. The van der Waals surface area contributed by atoms with Crippen LogP contribution in [0.5, 0.6) is 5.75 Å². The molecular weight excluding hydrogens is 258 g/mol. The Hall–Kier alpha value is -1.82. The number of hydrogen-bond acceptors (Lipinski definition) is 5. The highest BCUT2D eigenvalue weighted by Crippen LogP contribution is 2.26. The summed E-state index contributed by atoms with van der Waals surface area (Å²) in [5, 5.41) is 17.2. The third-order valence-corrected chi connectivity index (χ3v) is 2.78. The molecule has 0 radical (unpaired) electrons. The predicted molar refractivity (Wildman–Crippen MR) is 80.5 cm³/mol. The minimum Gasteiger partial charge on any atom is -0.493 e. The quantitative estimate of drug-likeness (QED) is 0.537. The number of non-ortho nitro benzene ring substituents is 1. The van der Waals surface area contributed by atoms with Gasteiger partial charge in [0.15, 0.2) is 0 Å². The second-order valence-corrected chi connectivity index (χ2v) is 4.86. The van der Waals surface area contributed by atoms with Crippen LogP contribution in [-0.2, 0) is 0 Å². The molecule has 1 aromatic carbocycles. The maximum absolute atomic E-state index is 10.9. The van der Waals surface area contributed by atoms with Crippen LogP contribution in [-0.4, -0.2) is 31.7 Å². The van der Waals surface area contributed by atoms with E-state index in [1.165, 1.54) is 12.1 Å². The van der Waals surface area contributed by atoms with Gasteiger partial charge in [-0.05, 0) is 25.9 Å². The van der Waals surface area contributed by atoms with Gasteiger partial charge in [0.1, 0.15) is 5.75 Å². The van der Waals surface area contributed by atoms with E-state index in [1.54, 1.807) is 6.07 Å². The van der Waals surface area contributed by atoms with Crippen LogP contribution in [0.3, 0.4) is 0 Å². The topological polar surface area (TPSA) is 76.4 Å². The summed E-state index contributed by atoms with van der Waals surface area (Å²) in [5.74, 6) is 0.962.